The van der Waals surface area contributed by atoms with Crippen molar-refractivity contribution in [2.75, 3.05) is 31.9 Å². The van der Waals surface area contributed by atoms with Crippen molar-refractivity contribution >= 4 is 17.7 Å². The van der Waals surface area contributed by atoms with Crippen LogP contribution in [0.3, 0.4) is 0 Å². The van der Waals surface area contributed by atoms with Crippen molar-refractivity contribution in [1.29, 1.82) is 0 Å². The first kappa shape index (κ1) is 17.4. The maximum Gasteiger partial charge on any atom is 0.233 e. The van der Waals surface area contributed by atoms with Gasteiger partial charge >= 0.3 is 0 Å². The van der Waals surface area contributed by atoms with E-state index in [2.05, 4.69) is 56.6 Å². The number of amides is 1. The minimum absolute atomic E-state index is 0.184. The molecule has 1 amide bonds. The van der Waals surface area contributed by atoms with Gasteiger partial charge in [-0.05, 0) is 50.6 Å². The van der Waals surface area contributed by atoms with E-state index in [-0.39, 0.29) is 11.3 Å². The fourth-order valence-corrected chi connectivity index (χ4v) is 4.71. The summed E-state index contributed by atoms with van der Waals surface area (Å²) in [4.78, 5) is 16.8. The van der Waals surface area contributed by atoms with E-state index in [4.69, 9.17) is 0 Å². The molecule has 122 valence electrons. The molecule has 0 bridgehead atoms. The molecule has 22 heavy (non-hydrogen) atoms. The molecular formula is C18H28N2OS. The number of hydrogen-bond acceptors (Lipinski definition) is 3. The topological polar surface area (TPSA) is 23.6 Å². The number of likely N-dealkylation sites (N-methyl/N-ethyl adjacent to an activating group) is 1. The predicted octanol–water partition coefficient (Wildman–Crippen LogP) is 3.53. The first-order valence-corrected chi connectivity index (χ1v) is 9.24. The van der Waals surface area contributed by atoms with Crippen molar-refractivity contribution in [2.24, 2.45) is 0 Å². The van der Waals surface area contributed by atoms with Gasteiger partial charge in [-0.3, -0.25) is 4.79 Å². The molecule has 0 aliphatic carbocycles. The second-order valence-electron chi connectivity index (χ2n) is 6.09. The predicted molar refractivity (Wildman–Crippen MR) is 95.4 cm³/mol. The Hall–Kier alpha value is -1.00. The number of aryl methyl sites for hydroxylation is 3. The maximum atomic E-state index is 12.3. The molecule has 1 heterocycles. The summed E-state index contributed by atoms with van der Waals surface area (Å²) in [5, 5.41) is 0.184. The lowest BCUT2D eigenvalue weighted by Gasteiger charge is -2.29. The van der Waals surface area contributed by atoms with Crippen LogP contribution in [-0.2, 0) is 4.79 Å². The van der Waals surface area contributed by atoms with E-state index in [1.54, 1.807) is 11.8 Å². The number of nitrogens with zero attached hydrogens (tertiary/aromatic N) is 2. The van der Waals surface area contributed by atoms with E-state index >= 15 is 0 Å². The molecule has 0 saturated carbocycles. The number of thioether (sulfide) groups is 1. The van der Waals surface area contributed by atoms with Gasteiger partial charge in [0.1, 0.15) is 5.37 Å². The van der Waals surface area contributed by atoms with Gasteiger partial charge in [-0.2, -0.15) is 0 Å². The summed E-state index contributed by atoms with van der Waals surface area (Å²) in [5.74, 6) is 0.886. The van der Waals surface area contributed by atoms with Crippen LogP contribution in [0, 0.1) is 20.8 Å². The van der Waals surface area contributed by atoms with E-state index in [0.29, 0.717) is 5.75 Å². The smallest absolute Gasteiger partial charge is 0.233 e. The van der Waals surface area contributed by atoms with Crippen LogP contribution in [0.25, 0.3) is 0 Å². The Morgan fingerprint density at radius 1 is 1.18 bits per heavy atom. The second kappa shape index (κ2) is 7.51. The molecule has 0 aromatic heterocycles. The molecule has 2 rings (SSSR count). The van der Waals surface area contributed by atoms with Gasteiger partial charge in [0.2, 0.25) is 5.91 Å². The highest BCUT2D eigenvalue weighted by Crippen LogP contribution is 2.41. The highest BCUT2D eigenvalue weighted by molar-refractivity contribution is 8.00. The fourth-order valence-electron chi connectivity index (χ4n) is 3.30. The Morgan fingerprint density at radius 2 is 1.77 bits per heavy atom. The number of benzene rings is 1. The van der Waals surface area contributed by atoms with Gasteiger partial charge in [-0.25, -0.2) is 0 Å². The Kier molecular flexibility index (Phi) is 5.93. The highest BCUT2D eigenvalue weighted by Gasteiger charge is 2.34. The average molecular weight is 321 g/mol. The Labute approximate surface area is 139 Å². The second-order valence-corrected chi connectivity index (χ2v) is 7.16. The molecule has 1 saturated heterocycles. The number of rotatable bonds is 6. The molecule has 1 aliphatic heterocycles. The largest absolute Gasteiger partial charge is 0.325 e. The summed E-state index contributed by atoms with van der Waals surface area (Å²) in [7, 11) is 0. The first-order chi connectivity index (χ1) is 10.5. The van der Waals surface area contributed by atoms with Crippen LogP contribution in [-0.4, -0.2) is 47.6 Å². The summed E-state index contributed by atoms with van der Waals surface area (Å²) in [5.41, 5.74) is 5.24. The van der Waals surface area contributed by atoms with Crippen LogP contribution in [0.4, 0.5) is 0 Å². The Morgan fingerprint density at radius 3 is 2.32 bits per heavy atom. The zero-order valence-electron chi connectivity index (χ0n) is 14.5. The molecule has 0 spiro atoms. The third-order valence-electron chi connectivity index (χ3n) is 4.50. The van der Waals surface area contributed by atoms with E-state index in [1.807, 2.05) is 0 Å². The van der Waals surface area contributed by atoms with Gasteiger partial charge in [0.25, 0.3) is 0 Å². The average Bonchev–Trinajstić information content (AvgIpc) is 2.80. The molecule has 3 nitrogen and oxygen atoms in total. The summed E-state index contributed by atoms with van der Waals surface area (Å²) in [6.07, 6.45) is 0. The Bertz CT molecular complexity index is 517. The molecular weight excluding hydrogens is 292 g/mol. The van der Waals surface area contributed by atoms with Gasteiger partial charge in [0.15, 0.2) is 0 Å². The minimum Gasteiger partial charge on any atom is -0.325 e. The number of hydrogen-bond donors (Lipinski definition) is 0. The van der Waals surface area contributed by atoms with E-state index in [9.17, 15) is 4.79 Å². The van der Waals surface area contributed by atoms with Crippen LogP contribution in [0.15, 0.2) is 12.1 Å². The van der Waals surface area contributed by atoms with Crippen molar-refractivity contribution in [3.8, 4) is 0 Å². The summed E-state index contributed by atoms with van der Waals surface area (Å²) < 4.78 is 0. The van der Waals surface area contributed by atoms with Crippen molar-refractivity contribution in [1.82, 2.24) is 9.80 Å². The molecule has 1 aliphatic rings. The van der Waals surface area contributed by atoms with Gasteiger partial charge < -0.3 is 9.80 Å². The number of carbonyl (C=O) groups excluding carboxylic acids is 1. The van der Waals surface area contributed by atoms with Gasteiger partial charge in [-0.15, -0.1) is 11.8 Å². The SMILES string of the molecule is CCN(CC)CCN1C(=O)CSC1c1c(C)cc(C)cc1C. The quantitative estimate of drug-likeness (QED) is 0.801. The minimum atomic E-state index is 0.184. The molecule has 1 fully saturated rings. The highest BCUT2D eigenvalue weighted by atomic mass is 32.2. The van der Waals surface area contributed by atoms with Crippen molar-refractivity contribution in [3.05, 3.63) is 34.4 Å². The van der Waals surface area contributed by atoms with Crippen LogP contribution in [0.5, 0.6) is 0 Å². The zero-order chi connectivity index (χ0) is 16.3. The first-order valence-electron chi connectivity index (χ1n) is 8.19. The van der Waals surface area contributed by atoms with Gasteiger partial charge in [-0.1, -0.05) is 31.5 Å². The van der Waals surface area contributed by atoms with Crippen molar-refractivity contribution in [3.63, 3.8) is 0 Å². The van der Waals surface area contributed by atoms with Crippen LogP contribution >= 0.6 is 11.8 Å². The monoisotopic (exact) mass is 320 g/mol. The fraction of sp³-hybridized carbons (Fsp3) is 0.611. The third kappa shape index (κ3) is 3.66. The van der Waals surface area contributed by atoms with E-state index in [0.717, 1.165) is 26.2 Å². The molecule has 1 atom stereocenters. The van der Waals surface area contributed by atoms with E-state index < -0.39 is 0 Å². The summed E-state index contributed by atoms with van der Waals surface area (Å²) >= 11 is 1.77. The molecule has 1 aromatic rings. The van der Waals surface area contributed by atoms with Gasteiger partial charge in [0.05, 0.1) is 5.75 Å². The standard InChI is InChI=1S/C18H28N2OS/c1-6-19(7-2)8-9-20-16(21)12-22-18(20)17-14(4)10-13(3)11-15(17)5/h10-11,18H,6-9,12H2,1-5H3. The molecule has 0 N–H and O–H groups in total. The van der Waals surface area contributed by atoms with Crippen LogP contribution in [0.2, 0.25) is 0 Å². The lowest BCUT2D eigenvalue weighted by molar-refractivity contribution is -0.128. The Balaban J connectivity index is 2.21. The molecule has 1 aromatic carbocycles. The normalized spacial score (nSPS) is 18.5. The summed E-state index contributed by atoms with van der Waals surface area (Å²) in [6.45, 7) is 14.7. The van der Waals surface area contributed by atoms with Gasteiger partial charge in [0, 0.05) is 13.1 Å². The maximum absolute atomic E-state index is 12.3. The van der Waals surface area contributed by atoms with Crippen molar-refractivity contribution in [2.45, 2.75) is 40.0 Å². The van der Waals surface area contributed by atoms with Crippen LogP contribution in [0.1, 0.15) is 41.5 Å². The summed E-state index contributed by atoms with van der Waals surface area (Å²) in [6, 6.07) is 4.46. The van der Waals surface area contributed by atoms with Crippen LogP contribution < -0.4 is 0 Å². The lowest BCUT2D eigenvalue weighted by Crippen LogP contribution is -2.37. The number of carbonyl (C=O) groups is 1. The molecule has 1 unspecified atom stereocenters. The van der Waals surface area contributed by atoms with Crippen molar-refractivity contribution < 1.29 is 4.79 Å². The lowest BCUT2D eigenvalue weighted by atomic mass is 9.99. The third-order valence-corrected chi connectivity index (χ3v) is 5.72. The zero-order valence-corrected chi connectivity index (χ0v) is 15.3. The molecule has 0 radical (unpaired) electrons. The molecule has 4 heteroatoms. The van der Waals surface area contributed by atoms with E-state index in [1.165, 1.54) is 22.3 Å².